The zero-order chi connectivity index (χ0) is 8.97. The minimum Gasteiger partial charge on any atom is -0.230 e. The smallest absolute Gasteiger partial charge is 0.151 e. The fourth-order valence-electron chi connectivity index (χ4n) is 0.981. The molecule has 0 fully saturated rings. The van der Waals surface area contributed by atoms with Crippen LogP contribution in [0.2, 0.25) is 0 Å². The van der Waals surface area contributed by atoms with E-state index in [1.807, 2.05) is 11.6 Å². The molecule has 0 amide bonds. The van der Waals surface area contributed by atoms with Gasteiger partial charge in [0.1, 0.15) is 0 Å². The van der Waals surface area contributed by atoms with E-state index in [1.54, 1.807) is 0 Å². The molecular weight excluding hydrogens is 220 g/mol. The molecule has 0 aromatic carbocycles. The lowest BCUT2D eigenvalue weighted by molar-refractivity contribution is 0.554. The number of hydrogen-bond acceptors (Lipinski definition) is 3. The summed E-state index contributed by atoms with van der Waals surface area (Å²) in [6.45, 7) is 5.05. The number of aromatic nitrogens is 4. The van der Waals surface area contributed by atoms with Gasteiger partial charge in [-0.1, -0.05) is 22.9 Å². The number of alkyl halides is 1. The highest BCUT2D eigenvalue weighted by Crippen LogP contribution is 2.07. The molecule has 5 heteroatoms. The molecule has 0 aliphatic carbocycles. The van der Waals surface area contributed by atoms with Crippen molar-refractivity contribution in [3.8, 4) is 0 Å². The van der Waals surface area contributed by atoms with Gasteiger partial charge < -0.3 is 0 Å². The Bertz CT molecular complexity index is 235. The summed E-state index contributed by atoms with van der Waals surface area (Å²) in [4.78, 5) is 0. The minimum absolute atomic E-state index is 0.585. The Morgan fingerprint density at radius 3 is 2.92 bits per heavy atom. The summed E-state index contributed by atoms with van der Waals surface area (Å²) >= 11 is 3.43. The maximum Gasteiger partial charge on any atom is 0.151 e. The number of rotatable bonds is 4. The van der Waals surface area contributed by atoms with E-state index in [2.05, 4.69) is 38.4 Å². The fourth-order valence-corrected chi connectivity index (χ4v) is 1.21. The molecule has 0 bridgehead atoms. The van der Waals surface area contributed by atoms with Crippen LogP contribution in [0.5, 0.6) is 0 Å². The van der Waals surface area contributed by atoms with Crippen LogP contribution in [0.25, 0.3) is 0 Å². The molecule has 1 rings (SSSR count). The van der Waals surface area contributed by atoms with Crippen LogP contribution in [0.15, 0.2) is 0 Å². The summed E-state index contributed by atoms with van der Waals surface area (Å²) in [5.74, 6) is 1.56. The lowest BCUT2D eigenvalue weighted by atomic mass is 10.1. The molecule has 0 aliphatic heterocycles. The fraction of sp³-hybridized carbons (Fsp3) is 0.857. The van der Waals surface area contributed by atoms with Crippen molar-refractivity contribution in [2.45, 2.75) is 26.8 Å². The van der Waals surface area contributed by atoms with Crippen LogP contribution in [-0.4, -0.2) is 25.5 Å². The summed E-state index contributed by atoms with van der Waals surface area (Å²) in [5, 5.41) is 12.4. The first-order chi connectivity index (χ1) is 5.77. The van der Waals surface area contributed by atoms with Crippen molar-refractivity contribution in [2.24, 2.45) is 5.92 Å². The molecule has 1 aromatic heterocycles. The molecule has 4 nitrogen and oxygen atoms in total. The van der Waals surface area contributed by atoms with E-state index >= 15 is 0 Å². The van der Waals surface area contributed by atoms with E-state index in [1.165, 1.54) is 0 Å². The van der Waals surface area contributed by atoms with Crippen molar-refractivity contribution in [3.63, 3.8) is 0 Å². The Morgan fingerprint density at radius 1 is 1.58 bits per heavy atom. The average molecular weight is 233 g/mol. The number of tetrazole rings is 1. The van der Waals surface area contributed by atoms with Crippen molar-refractivity contribution < 1.29 is 0 Å². The molecule has 0 N–H and O–H groups in total. The third kappa shape index (κ3) is 2.27. The summed E-state index contributed by atoms with van der Waals surface area (Å²) in [7, 11) is 0. The Balaban J connectivity index is 2.61. The first-order valence-electron chi connectivity index (χ1n) is 4.09. The molecule has 1 atom stereocenters. The predicted molar refractivity (Wildman–Crippen MR) is 50.2 cm³/mol. The molecule has 1 unspecified atom stereocenters. The van der Waals surface area contributed by atoms with Crippen molar-refractivity contribution in [2.75, 3.05) is 5.33 Å². The van der Waals surface area contributed by atoms with Crippen LogP contribution in [0.4, 0.5) is 0 Å². The highest BCUT2D eigenvalue weighted by molar-refractivity contribution is 9.09. The largest absolute Gasteiger partial charge is 0.230 e. The zero-order valence-corrected chi connectivity index (χ0v) is 8.95. The average Bonchev–Trinajstić information content (AvgIpc) is 2.51. The SMILES string of the molecule is CCn1nnnc1CC(C)CBr. The Labute approximate surface area is 80.5 Å². The van der Waals surface area contributed by atoms with Gasteiger partial charge in [0, 0.05) is 18.3 Å². The molecule has 0 saturated heterocycles. The van der Waals surface area contributed by atoms with Crippen LogP contribution in [0, 0.1) is 5.92 Å². The maximum atomic E-state index is 3.96. The van der Waals surface area contributed by atoms with Crippen LogP contribution in [0.3, 0.4) is 0 Å². The first-order valence-corrected chi connectivity index (χ1v) is 5.21. The maximum absolute atomic E-state index is 3.96. The monoisotopic (exact) mass is 232 g/mol. The molecule has 1 heterocycles. The molecule has 12 heavy (non-hydrogen) atoms. The molecular formula is C7H13BrN4. The van der Waals surface area contributed by atoms with Gasteiger partial charge in [0.2, 0.25) is 0 Å². The number of hydrogen-bond donors (Lipinski definition) is 0. The van der Waals surface area contributed by atoms with Gasteiger partial charge >= 0.3 is 0 Å². The quantitative estimate of drug-likeness (QED) is 0.735. The van der Waals surface area contributed by atoms with E-state index in [0.717, 1.165) is 24.1 Å². The lowest BCUT2D eigenvalue weighted by Crippen LogP contribution is -2.09. The van der Waals surface area contributed by atoms with Gasteiger partial charge in [0.25, 0.3) is 0 Å². The van der Waals surface area contributed by atoms with Gasteiger partial charge in [-0.25, -0.2) is 4.68 Å². The van der Waals surface area contributed by atoms with Gasteiger partial charge in [-0.2, -0.15) is 0 Å². The van der Waals surface area contributed by atoms with E-state index in [-0.39, 0.29) is 0 Å². The van der Waals surface area contributed by atoms with Gasteiger partial charge in [-0.15, -0.1) is 5.10 Å². The van der Waals surface area contributed by atoms with Gasteiger partial charge in [0.15, 0.2) is 5.82 Å². The molecule has 1 aromatic rings. The number of aryl methyl sites for hydroxylation is 1. The third-order valence-corrected chi connectivity index (χ3v) is 2.81. The molecule has 0 spiro atoms. The second kappa shape index (κ2) is 4.54. The van der Waals surface area contributed by atoms with Crippen molar-refractivity contribution in [1.82, 2.24) is 20.2 Å². The Hall–Kier alpha value is -0.450. The zero-order valence-electron chi connectivity index (χ0n) is 7.37. The van der Waals surface area contributed by atoms with E-state index in [4.69, 9.17) is 0 Å². The Kier molecular flexibility index (Phi) is 3.65. The standard InChI is InChI=1S/C7H13BrN4/c1-3-12-7(9-10-11-12)4-6(2)5-8/h6H,3-5H2,1-2H3. The Morgan fingerprint density at radius 2 is 2.33 bits per heavy atom. The van der Waals surface area contributed by atoms with Crippen LogP contribution < -0.4 is 0 Å². The summed E-state index contributed by atoms with van der Waals surface area (Å²) in [5.41, 5.74) is 0. The van der Waals surface area contributed by atoms with Gasteiger partial charge in [-0.3, -0.25) is 0 Å². The van der Waals surface area contributed by atoms with Gasteiger partial charge in [0.05, 0.1) is 0 Å². The normalized spacial score (nSPS) is 13.2. The minimum atomic E-state index is 0.585. The van der Waals surface area contributed by atoms with Crippen LogP contribution in [-0.2, 0) is 13.0 Å². The highest BCUT2D eigenvalue weighted by atomic mass is 79.9. The third-order valence-electron chi connectivity index (χ3n) is 1.70. The first kappa shape index (κ1) is 9.64. The molecule has 0 saturated carbocycles. The van der Waals surface area contributed by atoms with Crippen LogP contribution in [0.1, 0.15) is 19.7 Å². The number of nitrogens with zero attached hydrogens (tertiary/aromatic N) is 4. The van der Waals surface area contributed by atoms with Crippen LogP contribution >= 0.6 is 15.9 Å². The summed E-state index contributed by atoms with van der Waals surface area (Å²) in [6.07, 6.45) is 0.937. The molecule has 0 aliphatic rings. The lowest BCUT2D eigenvalue weighted by Gasteiger charge is -2.05. The van der Waals surface area contributed by atoms with E-state index in [0.29, 0.717) is 5.92 Å². The van der Waals surface area contributed by atoms with Crippen molar-refractivity contribution in [3.05, 3.63) is 5.82 Å². The molecule has 0 radical (unpaired) electrons. The number of halogens is 1. The topological polar surface area (TPSA) is 43.6 Å². The summed E-state index contributed by atoms with van der Waals surface area (Å²) < 4.78 is 1.83. The van der Waals surface area contributed by atoms with E-state index < -0.39 is 0 Å². The van der Waals surface area contributed by atoms with Gasteiger partial charge in [-0.05, 0) is 23.3 Å². The van der Waals surface area contributed by atoms with Crippen molar-refractivity contribution in [1.29, 1.82) is 0 Å². The second-order valence-electron chi connectivity index (χ2n) is 2.87. The predicted octanol–water partition coefficient (Wildman–Crippen LogP) is 1.27. The highest BCUT2D eigenvalue weighted by Gasteiger charge is 2.08. The molecule has 68 valence electrons. The second-order valence-corrected chi connectivity index (χ2v) is 3.52. The summed E-state index contributed by atoms with van der Waals surface area (Å²) in [6, 6.07) is 0. The van der Waals surface area contributed by atoms with E-state index in [9.17, 15) is 0 Å². The van der Waals surface area contributed by atoms with Crippen molar-refractivity contribution >= 4 is 15.9 Å².